The second-order valence-corrected chi connectivity index (χ2v) is 9.30. The Labute approximate surface area is 208 Å². The molecule has 36 heavy (non-hydrogen) atoms. The minimum Gasteiger partial charge on any atom is -0.481 e. The SMILES string of the molecule is O=C(O)CCc1cccc(-c2cnc3[nH]cc(C(=O)c4cccc(NC(=O)C5CCCC5)c4)c3c2)c1. The average molecular weight is 482 g/mol. The maximum absolute atomic E-state index is 13.5. The zero-order chi connectivity index (χ0) is 25.1. The summed E-state index contributed by atoms with van der Waals surface area (Å²) in [4.78, 5) is 44.5. The number of aryl methyl sites for hydroxylation is 1. The lowest BCUT2D eigenvalue weighted by molar-refractivity contribution is -0.137. The van der Waals surface area contributed by atoms with Gasteiger partial charge in [0.15, 0.2) is 5.78 Å². The van der Waals surface area contributed by atoms with Gasteiger partial charge in [0.2, 0.25) is 5.91 Å². The highest BCUT2D eigenvalue weighted by molar-refractivity contribution is 6.16. The molecule has 5 rings (SSSR count). The Bertz CT molecular complexity index is 1450. The molecule has 1 aliphatic carbocycles. The minimum atomic E-state index is -0.832. The molecule has 0 atom stereocenters. The number of carboxylic acid groups (broad SMARTS) is 1. The monoisotopic (exact) mass is 481 g/mol. The number of nitrogens with zero attached hydrogens (tertiary/aromatic N) is 1. The lowest BCUT2D eigenvalue weighted by Gasteiger charge is -2.11. The van der Waals surface area contributed by atoms with Gasteiger partial charge in [0.25, 0.3) is 0 Å². The molecule has 3 N–H and O–H groups in total. The van der Waals surface area contributed by atoms with E-state index in [0.29, 0.717) is 34.3 Å². The number of hydrogen-bond donors (Lipinski definition) is 3. The Hall–Kier alpha value is -4.26. The van der Waals surface area contributed by atoms with Gasteiger partial charge >= 0.3 is 5.97 Å². The van der Waals surface area contributed by atoms with Crippen LogP contribution in [0.1, 0.15) is 53.6 Å². The molecule has 7 heteroatoms. The van der Waals surface area contributed by atoms with E-state index in [1.165, 1.54) is 0 Å². The number of nitrogens with one attached hydrogen (secondary N) is 2. The maximum Gasteiger partial charge on any atom is 0.303 e. The molecular formula is C29H27N3O4. The van der Waals surface area contributed by atoms with E-state index in [0.717, 1.165) is 42.4 Å². The first kappa shape index (κ1) is 23.5. The van der Waals surface area contributed by atoms with Crippen LogP contribution in [0, 0.1) is 5.92 Å². The van der Waals surface area contributed by atoms with Crippen LogP contribution in [-0.2, 0) is 16.0 Å². The second kappa shape index (κ2) is 10.2. The van der Waals surface area contributed by atoms with Crippen molar-refractivity contribution in [3.63, 3.8) is 0 Å². The van der Waals surface area contributed by atoms with Crippen LogP contribution >= 0.6 is 0 Å². The number of rotatable bonds is 8. The molecule has 182 valence electrons. The molecule has 2 aromatic heterocycles. The number of anilines is 1. The predicted molar refractivity (Wildman–Crippen MR) is 138 cm³/mol. The lowest BCUT2D eigenvalue weighted by Crippen LogP contribution is -2.20. The van der Waals surface area contributed by atoms with Crippen LogP contribution < -0.4 is 5.32 Å². The smallest absolute Gasteiger partial charge is 0.303 e. The van der Waals surface area contributed by atoms with Crippen LogP contribution in [0.2, 0.25) is 0 Å². The Morgan fingerprint density at radius 3 is 2.61 bits per heavy atom. The first-order chi connectivity index (χ1) is 17.5. The highest BCUT2D eigenvalue weighted by atomic mass is 16.4. The molecule has 1 saturated carbocycles. The largest absolute Gasteiger partial charge is 0.481 e. The van der Waals surface area contributed by atoms with Gasteiger partial charge in [-0.25, -0.2) is 4.98 Å². The number of fused-ring (bicyclic) bond motifs is 1. The minimum absolute atomic E-state index is 0.0172. The Kier molecular flexibility index (Phi) is 6.62. The van der Waals surface area contributed by atoms with Gasteiger partial charge in [-0.1, -0.05) is 49.2 Å². The number of benzene rings is 2. The van der Waals surface area contributed by atoms with E-state index in [4.69, 9.17) is 5.11 Å². The van der Waals surface area contributed by atoms with Gasteiger partial charge in [0.1, 0.15) is 5.65 Å². The quantitative estimate of drug-likeness (QED) is 0.283. The lowest BCUT2D eigenvalue weighted by atomic mass is 9.99. The Balaban J connectivity index is 1.40. The summed E-state index contributed by atoms with van der Waals surface area (Å²) in [6, 6.07) is 16.7. The molecule has 1 fully saturated rings. The van der Waals surface area contributed by atoms with Gasteiger partial charge in [-0.05, 0) is 48.6 Å². The van der Waals surface area contributed by atoms with Gasteiger partial charge in [-0.3, -0.25) is 14.4 Å². The number of aromatic amines is 1. The number of carbonyl (C=O) groups excluding carboxylic acids is 2. The molecule has 0 spiro atoms. The molecule has 1 aliphatic rings. The summed E-state index contributed by atoms with van der Waals surface area (Å²) in [5.41, 5.74) is 4.89. The third kappa shape index (κ3) is 5.05. The predicted octanol–water partition coefficient (Wildman–Crippen LogP) is 5.61. The summed E-state index contributed by atoms with van der Waals surface area (Å²) in [6.07, 6.45) is 7.91. The molecule has 0 aliphatic heterocycles. The highest BCUT2D eigenvalue weighted by Gasteiger charge is 2.23. The topological polar surface area (TPSA) is 112 Å². The van der Waals surface area contributed by atoms with Crippen molar-refractivity contribution in [3.8, 4) is 11.1 Å². The fraction of sp³-hybridized carbons (Fsp3) is 0.241. The van der Waals surface area contributed by atoms with Gasteiger partial charge in [0, 0.05) is 52.5 Å². The van der Waals surface area contributed by atoms with Crippen molar-refractivity contribution in [1.29, 1.82) is 0 Å². The molecular weight excluding hydrogens is 454 g/mol. The zero-order valence-electron chi connectivity index (χ0n) is 19.8. The van der Waals surface area contributed by atoms with E-state index < -0.39 is 5.97 Å². The van der Waals surface area contributed by atoms with E-state index >= 15 is 0 Å². The average Bonchev–Trinajstić information content (AvgIpc) is 3.58. The summed E-state index contributed by atoms with van der Waals surface area (Å²) >= 11 is 0. The highest BCUT2D eigenvalue weighted by Crippen LogP contribution is 2.29. The van der Waals surface area contributed by atoms with E-state index in [9.17, 15) is 14.4 Å². The van der Waals surface area contributed by atoms with E-state index in [-0.39, 0.29) is 24.0 Å². The summed E-state index contributed by atoms with van der Waals surface area (Å²) in [6.45, 7) is 0. The molecule has 4 aromatic rings. The maximum atomic E-state index is 13.5. The van der Waals surface area contributed by atoms with E-state index in [1.807, 2.05) is 30.3 Å². The van der Waals surface area contributed by atoms with Gasteiger partial charge < -0.3 is 15.4 Å². The van der Waals surface area contributed by atoms with Gasteiger partial charge in [-0.2, -0.15) is 0 Å². The first-order valence-corrected chi connectivity index (χ1v) is 12.2. The summed E-state index contributed by atoms with van der Waals surface area (Å²) < 4.78 is 0. The van der Waals surface area contributed by atoms with Crippen LogP contribution in [-0.4, -0.2) is 32.7 Å². The van der Waals surface area contributed by atoms with Crippen molar-refractivity contribution >= 4 is 34.4 Å². The Morgan fingerprint density at radius 1 is 1.00 bits per heavy atom. The summed E-state index contributed by atoms with van der Waals surface area (Å²) in [7, 11) is 0. The first-order valence-electron chi connectivity index (χ1n) is 12.2. The van der Waals surface area contributed by atoms with Crippen molar-refractivity contribution in [3.05, 3.63) is 83.7 Å². The Morgan fingerprint density at radius 2 is 1.81 bits per heavy atom. The number of carbonyl (C=O) groups is 3. The van der Waals surface area contributed by atoms with Crippen molar-refractivity contribution < 1.29 is 19.5 Å². The number of ketones is 1. The van der Waals surface area contributed by atoms with Crippen molar-refractivity contribution in [2.75, 3.05) is 5.32 Å². The fourth-order valence-corrected chi connectivity index (χ4v) is 4.83. The number of hydrogen-bond acceptors (Lipinski definition) is 4. The van der Waals surface area contributed by atoms with E-state index in [2.05, 4.69) is 15.3 Å². The van der Waals surface area contributed by atoms with Crippen molar-refractivity contribution in [2.24, 2.45) is 5.92 Å². The number of H-pyrrole nitrogens is 1. The summed E-state index contributed by atoms with van der Waals surface area (Å²) in [5.74, 6) is -0.928. The van der Waals surface area contributed by atoms with Crippen LogP contribution in [0.4, 0.5) is 5.69 Å². The van der Waals surface area contributed by atoms with Crippen molar-refractivity contribution in [1.82, 2.24) is 9.97 Å². The number of aromatic nitrogens is 2. The van der Waals surface area contributed by atoms with Crippen LogP contribution in [0.5, 0.6) is 0 Å². The third-order valence-corrected chi connectivity index (χ3v) is 6.78. The number of pyridine rings is 1. The number of aliphatic carboxylic acids is 1. The third-order valence-electron chi connectivity index (χ3n) is 6.78. The van der Waals surface area contributed by atoms with E-state index in [1.54, 1.807) is 36.7 Å². The molecule has 0 bridgehead atoms. The van der Waals surface area contributed by atoms with Crippen molar-refractivity contribution in [2.45, 2.75) is 38.5 Å². The van der Waals surface area contributed by atoms with Gasteiger partial charge in [0.05, 0.1) is 0 Å². The molecule has 2 aromatic carbocycles. The normalized spacial score (nSPS) is 13.7. The number of amides is 1. The molecule has 0 unspecified atom stereocenters. The summed E-state index contributed by atoms with van der Waals surface area (Å²) in [5, 5.41) is 12.6. The second-order valence-electron chi connectivity index (χ2n) is 9.30. The molecule has 1 amide bonds. The molecule has 0 saturated heterocycles. The molecule has 2 heterocycles. The van der Waals surface area contributed by atoms with Crippen LogP contribution in [0.15, 0.2) is 67.0 Å². The standard InChI is InChI=1S/C29H27N3O4/c33-26(34)12-11-18-5-3-8-20(13-18)22-15-24-25(17-31-28(24)30-16-22)27(35)21-9-4-10-23(14-21)32-29(36)19-6-1-2-7-19/h3-5,8-10,13-17,19H,1-2,6-7,11-12H2,(H,30,31)(H,32,36)(H,33,34). The number of carboxylic acids is 1. The van der Waals surface area contributed by atoms with Crippen LogP contribution in [0.3, 0.4) is 0 Å². The van der Waals surface area contributed by atoms with Crippen LogP contribution in [0.25, 0.3) is 22.2 Å². The zero-order valence-corrected chi connectivity index (χ0v) is 19.8. The molecule has 7 nitrogen and oxygen atoms in total. The van der Waals surface area contributed by atoms with Gasteiger partial charge in [-0.15, -0.1) is 0 Å². The molecule has 0 radical (unpaired) electrons. The fourth-order valence-electron chi connectivity index (χ4n) is 4.83.